The first kappa shape index (κ1) is 10.9. The number of halogens is 2. The van der Waals surface area contributed by atoms with Crippen LogP contribution >= 0.6 is 11.6 Å². The van der Waals surface area contributed by atoms with E-state index in [0.717, 1.165) is 6.07 Å². The van der Waals surface area contributed by atoms with Crippen molar-refractivity contribution in [1.82, 2.24) is 10.9 Å². The molecule has 0 saturated heterocycles. The molecule has 0 aliphatic rings. The van der Waals surface area contributed by atoms with Gasteiger partial charge in [0.05, 0.1) is 10.6 Å². The minimum absolute atomic E-state index is 0.115. The maximum absolute atomic E-state index is 13.1. The average molecular weight is 217 g/mol. The molecule has 0 aliphatic carbocycles. The highest BCUT2D eigenvalue weighted by Crippen LogP contribution is 2.20. The van der Waals surface area contributed by atoms with Gasteiger partial charge in [0, 0.05) is 7.05 Å². The molecule has 0 spiro atoms. The molecule has 0 atom stereocenters. The maximum Gasteiger partial charge on any atom is 0.266 e. The van der Waals surface area contributed by atoms with Crippen LogP contribution in [0.5, 0.6) is 0 Å². The number of aryl methyl sites for hydroxylation is 1. The average Bonchev–Trinajstić information content (AvgIpc) is 2.11. The van der Waals surface area contributed by atoms with Gasteiger partial charge in [0.1, 0.15) is 5.82 Å². The maximum atomic E-state index is 13.1. The zero-order valence-electron chi connectivity index (χ0n) is 7.82. The molecule has 0 saturated carbocycles. The van der Waals surface area contributed by atoms with E-state index in [2.05, 4.69) is 10.9 Å². The van der Waals surface area contributed by atoms with Gasteiger partial charge < -0.3 is 0 Å². The van der Waals surface area contributed by atoms with Crippen LogP contribution < -0.4 is 10.9 Å². The van der Waals surface area contributed by atoms with Gasteiger partial charge >= 0.3 is 0 Å². The molecule has 0 aliphatic heterocycles. The third-order valence-electron chi connectivity index (χ3n) is 1.73. The molecule has 2 N–H and O–H groups in total. The molecule has 76 valence electrons. The standard InChI is InChI=1S/C9H10ClFN2O/c1-5-3-7(10)6(4-8(5)11)9(14)13-12-2/h3-4,12H,1-2H3,(H,13,14). The number of hydrogen-bond acceptors (Lipinski definition) is 2. The number of benzene rings is 1. The molecule has 0 radical (unpaired) electrons. The minimum atomic E-state index is -0.462. The van der Waals surface area contributed by atoms with Crippen LogP contribution in [0.3, 0.4) is 0 Å². The summed E-state index contributed by atoms with van der Waals surface area (Å²) in [5.41, 5.74) is 5.28. The first-order valence-electron chi connectivity index (χ1n) is 3.99. The highest BCUT2D eigenvalue weighted by atomic mass is 35.5. The Hall–Kier alpha value is -1.13. The lowest BCUT2D eigenvalue weighted by Gasteiger charge is -2.06. The van der Waals surface area contributed by atoms with Gasteiger partial charge in [-0.15, -0.1) is 0 Å². The van der Waals surface area contributed by atoms with E-state index >= 15 is 0 Å². The van der Waals surface area contributed by atoms with Crippen LogP contribution in [0.4, 0.5) is 4.39 Å². The highest BCUT2D eigenvalue weighted by Gasteiger charge is 2.12. The largest absolute Gasteiger partial charge is 0.288 e. The fourth-order valence-corrected chi connectivity index (χ4v) is 1.31. The Morgan fingerprint density at radius 1 is 1.50 bits per heavy atom. The molecule has 5 heteroatoms. The van der Waals surface area contributed by atoms with E-state index in [0.29, 0.717) is 5.56 Å². The van der Waals surface area contributed by atoms with Crippen molar-refractivity contribution in [3.8, 4) is 0 Å². The summed E-state index contributed by atoms with van der Waals surface area (Å²) in [6.45, 7) is 1.58. The second-order valence-corrected chi connectivity index (χ2v) is 3.19. The molecule has 3 nitrogen and oxygen atoms in total. The molecule has 0 unspecified atom stereocenters. The molecule has 1 rings (SSSR count). The van der Waals surface area contributed by atoms with Crippen molar-refractivity contribution in [3.63, 3.8) is 0 Å². The van der Waals surface area contributed by atoms with Gasteiger partial charge in [0.15, 0.2) is 0 Å². The number of hydrazine groups is 1. The quantitative estimate of drug-likeness (QED) is 0.739. The zero-order valence-corrected chi connectivity index (χ0v) is 8.57. The summed E-state index contributed by atoms with van der Waals surface area (Å²) in [6, 6.07) is 2.53. The Morgan fingerprint density at radius 3 is 2.71 bits per heavy atom. The van der Waals surface area contributed by atoms with Gasteiger partial charge in [-0.3, -0.25) is 10.2 Å². The Kier molecular flexibility index (Phi) is 3.43. The van der Waals surface area contributed by atoms with Crippen molar-refractivity contribution in [3.05, 3.63) is 34.1 Å². The van der Waals surface area contributed by atoms with Crippen LogP contribution in [0.1, 0.15) is 15.9 Å². The third-order valence-corrected chi connectivity index (χ3v) is 2.04. The minimum Gasteiger partial charge on any atom is -0.288 e. The van der Waals surface area contributed by atoms with E-state index in [1.165, 1.54) is 13.1 Å². The van der Waals surface area contributed by atoms with Crippen molar-refractivity contribution in [2.24, 2.45) is 0 Å². The van der Waals surface area contributed by atoms with E-state index in [1.807, 2.05) is 0 Å². The lowest BCUT2D eigenvalue weighted by Crippen LogP contribution is -2.34. The molecule has 1 aromatic rings. The van der Waals surface area contributed by atoms with Crippen LogP contribution in [0.25, 0.3) is 0 Å². The summed E-state index contributed by atoms with van der Waals surface area (Å²) in [5.74, 6) is -0.910. The van der Waals surface area contributed by atoms with Gasteiger partial charge in [-0.05, 0) is 24.6 Å². The Labute approximate surface area is 86.2 Å². The first-order valence-corrected chi connectivity index (χ1v) is 4.36. The van der Waals surface area contributed by atoms with Crippen LogP contribution in [0.2, 0.25) is 5.02 Å². The van der Waals surface area contributed by atoms with Crippen LogP contribution in [0, 0.1) is 12.7 Å². The Balaban J connectivity index is 3.09. The lowest BCUT2D eigenvalue weighted by atomic mass is 10.1. The van der Waals surface area contributed by atoms with Crippen molar-refractivity contribution in [2.45, 2.75) is 6.92 Å². The molecule has 0 heterocycles. The first-order chi connectivity index (χ1) is 6.56. The molecule has 0 bridgehead atoms. The Morgan fingerprint density at radius 2 is 2.14 bits per heavy atom. The summed E-state index contributed by atoms with van der Waals surface area (Å²) in [5, 5.41) is 0.233. The lowest BCUT2D eigenvalue weighted by molar-refractivity contribution is 0.0937. The van der Waals surface area contributed by atoms with Gasteiger partial charge in [-0.2, -0.15) is 0 Å². The molecule has 14 heavy (non-hydrogen) atoms. The van der Waals surface area contributed by atoms with Crippen LogP contribution in [-0.2, 0) is 0 Å². The fourth-order valence-electron chi connectivity index (χ4n) is 1.00. The summed E-state index contributed by atoms with van der Waals surface area (Å²) >= 11 is 5.78. The van der Waals surface area contributed by atoms with Crippen molar-refractivity contribution in [1.29, 1.82) is 0 Å². The number of rotatable bonds is 2. The molecule has 1 amide bonds. The summed E-state index contributed by atoms with van der Waals surface area (Å²) in [6.07, 6.45) is 0. The van der Waals surface area contributed by atoms with Crippen molar-refractivity contribution in [2.75, 3.05) is 7.05 Å². The second kappa shape index (κ2) is 4.39. The van der Waals surface area contributed by atoms with Crippen molar-refractivity contribution >= 4 is 17.5 Å². The normalized spacial score (nSPS) is 10.0. The van der Waals surface area contributed by atoms with E-state index in [-0.39, 0.29) is 10.6 Å². The summed E-state index contributed by atoms with van der Waals surface area (Å²) < 4.78 is 13.1. The molecule has 0 fully saturated rings. The molecular weight excluding hydrogens is 207 g/mol. The molecular formula is C9H10ClFN2O. The predicted molar refractivity (Wildman–Crippen MR) is 52.7 cm³/mol. The summed E-state index contributed by atoms with van der Waals surface area (Å²) in [7, 11) is 1.54. The van der Waals surface area contributed by atoms with Gasteiger partial charge in [0.25, 0.3) is 5.91 Å². The smallest absolute Gasteiger partial charge is 0.266 e. The number of amides is 1. The number of hydrogen-bond donors (Lipinski definition) is 2. The monoisotopic (exact) mass is 216 g/mol. The van der Waals surface area contributed by atoms with Gasteiger partial charge in [-0.1, -0.05) is 11.6 Å². The second-order valence-electron chi connectivity index (χ2n) is 2.79. The SMILES string of the molecule is CNNC(=O)c1cc(F)c(C)cc1Cl. The van der Waals surface area contributed by atoms with E-state index < -0.39 is 11.7 Å². The van der Waals surface area contributed by atoms with E-state index in [4.69, 9.17) is 11.6 Å². The number of carbonyl (C=O) groups is 1. The number of carbonyl (C=O) groups excluding carboxylic acids is 1. The topological polar surface area (TPSA) is 41.1 Å². The number of nitrogens with one attached hydrogen (secondary N) is 2. The molecule has 0 aromatic heterocycles. The molecule has 1 aromatic carbocycles. The fraction of sp³-hybridized carbons (Fsp3) is 0.222. The third kappa shape index (κ3) is 2.21. The van der Waals surface area contributed by atoms with E-state index in [9.17, 15) is 9.18 Å². The van der Waals surface area contributed by atoms with Gasteiger partial charge in [-0.25, -0.2) is 9.82 Å². The van der Waals surface area contributed by atoms with Crippen LogP contribution in [-0.4, -0.2) is 13.0 Å². The van der Waals surface area contributed by atoms with Crippen LogP contribution in [0.15, 0.2) is 12.1 Å². The summed E-state index contributed by atoms with van der Waals surface area (Å²) in [4.78, 5) is 11.3. The van der Waals surface area contributed by atoms with Crippen molar-refractivity contribution < 1.29 is 9.18 Å². The zero-order chi connectivity index (χ0) is 10.7. The predicted octanol–water partition coefficient (Wildman–Crippen LogP) is 1.65. The van der Waals surface area contributed by atoms with E-state index in [1.54, 1.807) is 6.92 Å². The highest BCUT2D eigenvalue weighted by molar-refractivity contribution is 6.33. The van der Waals surface area contributed by atoms with Gasteiger partial charge in [0.2, 0.25) is 0 Å². The Bertz CT molecular complexity index is 368.